The molecule has 1 aromatic heterocycles. The third-order valence-electron chi connectivity index (χ3n) is 3.33. The van der Waals surface area contributed by atoms with Crippen molar-refractivity contribution in [2.75, 3.05) is 17.8 Å². The van der Waals surface area contributed by atoms with Crippen molar-refractivity contribution in [3.63, 3.8) is 0 Å². The molecular formula is C15H18N4O3. The summed E-state index contributed by atoms with van der Waals surface area (Å²) in [5.41, 5.74) is 7.11. The van der Waals surface area contributed by atoms with E-state index in [1.54, 1.807) is 23.0 Å². The lowest BCUT2D eigenvalue weighted by molar-refractivity contribution is 0.102. The SMILES string of the molecule is CC(C)(C)n1cc(C(=O)Nc2cc3c(cc2N)OCO3)cn1. The maximum Gasteiger partial charge on any atom is 0.258 e. The number of nitrogen functional groups attached to an aromatic ring is 1. The van der Waals surface area contributed by atoms with Gasteiger partial charge in [0.25, 0.3) is 5.91 Å². The molecule has 0 atom stereocenters. The number of nitrogens with one attached hydrogen (secondary N) is 1. The minimum Gasteiger partial charge on any atom is -0.454 e. The Morgan fingerprint density at radius 3 is 2.64 bits per heavy atom. The first-order chi connectivity index (χ1) is 10.3. The third-order valence-corrected chi connectivity index (χ3v) is 3.33. The zero-order valence-electron chi connectivity index (χ0n) is 12.7. The summed E-state index contributed by atoms with van der Waals surface area (Å²) in [6.07, 6.45) is 3.24. The molecule has 0 fully saturated rings. The molecule has 1 aliphatic heterocycles. The fraction of sp³-hybridized carbons (Fsp3) is 0.333. The van der Waals surface area contributed by atoms with E-state index in [9.17, 15) is 4.79 Å². The van der Waals surface area contributed by atoms with Crippen LogP contribution in [-0.4, -0.2) is 22.5 Å². The molecule has 0 aliphatic carbocycles. The third kappa shape index (κ3) is 2.57. The molecule has 0 radical (unpaired) electrons. The number of rotatable bonds is 2. The second-order valence-electron chi connectivity index (χ2n) is 6.09. The van der Waals surface area contributed by atoms with Crippen LogP contribution in [0, 0.1) is 0 Å². The number of hydrogen-bond donors (Lipinski definition) is 2. The van der Waals surface area contributed by atoms with Gasteiger partial charge in [0, 0.05) is 18.3 Å². The number of fused-ring (bicyclic) bond motifs is 1. The zero-order valence-corrected chi connectivity index (χ0v) is 12.7. The normalized spacial score (nSPS) is 13.2. The van der Waals surface area contributed by atoms with Gasteiger partial charge in [-0.25, -0.2) is 0 Å². The number of hydrogen-bond acceptors (Lipinski definition) is 5. The highest BCUT2D eigenvalue weighted by Gasteiger charge is 2.20. The molecule has 0 bridgehead atoms. The van der Waals surface area contributed by atoms with Gasteiger partial charge in [-0.1, -0.05) is 0 Å². The van der Waals surface area contributed by atoms with E-state index in [1.807, 2.05) is 20.8 Å². The molecule has 1 aliphatic rings. The van der Waals surface area contributed by atoms with Crippen LogP contribution >= 0.6 is 0 Å². The molecule has 0 saturated carbocycles. The maximum absolute atomic E-state index is 12.3. The Labute approximate surface area is 128 Å². The number of nitrogens with zero attached hydrogens (tertiary/aromatic N) is 2. The van der Waals surface area contributed by atoms with Crippen LogP contribution in [0.1, 0.15) is 31.1 Å². The minimum absolute atomic E-state index is 0.157. The first-order valence-electron chi connectivity index (χ1n) is 6.90. The summed E-state index contributed by atoms with van der Waals surface area (Å²) in [6.45, 7) is 6.19. The number of nitrogens with two attached hydrogens (primary N) is 1. The van der Waals surface area contributed by atoms with Crippen molar-refractivity contribution in [1.29, 1.82) is 0 Å². The lowest BCUT2D eigenvalue weighted by Crippen LogP contribution is -2.22. The Hall–Kier alpha value is -2.70. The molecule has 7 nitrogen and oxygen atoms in total. The first-order valence-corrected chi connectivity index (χ1v) is 6.90. The summed E-state index contributed by atoms with van der Waals surface area (Å²) in [4.78, 5) is 12.3. The van der Waals surface area contributed by atoms with Crippen molar-refractivity contribution in [3.8, 4) is 11.5 Å². The highest BCUT2D eigenvalue weighted by molar-refractivity contribution is 6.05. The van der Waals surface area contributed by atoms with Crippen LogP contribution in [0.3, 0.4) is 0 Å². The van der Waals surface area contributed by atoms with Crippen molar-refractivity contribution in [2.45, 2.75) is 26.3 Å². The molecule has 0 saturated heterocycles. The van der Waals surface area contributed by atoms with Crippen LogP contribution in [0.15, 0.2) is 24.5 Å². The van der Waals surface area contributed by atoms with E-state index in [2.05, 4.69) is 10.4 Å². The van der Waals surface area contributed by atoms with Crippen LogP contribution in [0.2, 0.25) is 0 Å². The van der Waals surface area contributed by atoms with Gasteiger partial charge in [0.2, 0.25) is 6.79 Å². The summed E-state index contributed by atoms with van der Waals surface area (Å²) in [6, 6.07) is 3.29. The van der Waals surface area contributed by atoms with E-state index >= 15 is 0 Å². The number of aromatic nitrogens is 2. The average molecular weight is 302 g/mol. The van der Waals surface area contributed by atoms with E-state index in [0.717, 1.165) is 0 Å². The number of carbonyl (C=O) groups is 1. The van der Waals surface area contributed by atoms with Crippen molar-refractivity contribution >= 4 is 17.3 Å². The topological polar surface area (TPSA) is 91.4 Å². The van der Waals surface area contributed by atoms with Crippen LogP contribution in [-0.2, 0) is 5.54 Å². The molecule has 1 aromatic carbocycles. The second kappa shape index (κ2) is 4.94. The van der Waals surface area contributed by atoms with Crippen LogP contribution < -0.4 is 20.5 Å². The van der Waals surface area contributed by atoms with Crippen molar-refractivity contribution in [3.05, 3.63) is 30.1 Å². The van der Waals surface area contributed by atoms with Gasteiger partial charge in [-0.3, -0.25) is 9.48 Å². The maximum atomic E-state index is 12.3. The van der Waals surface area contributed by atoms with Gasteiger partial charge in [-0.05, 0) is 20.8 Å². The fourth-order valence-electron chi connectivity index (χ4n) is 2.07. The molecule has 3 rings (SSSR count). The lowest BCUT2D eigenvalue weighted by Gasteiger charge is -2.18. The molecule has 0 unspecified atom stereocenters. The summed E-state index contributed by atoms with van der Waals surface area (Å²) >= 11 is 0. The summed E-state index contributed by atoms with van der Waals surface area (Å²) in [5, 5.41) is 6.98. The fourth-order valence-corrected chi connectivity index (χ4v) is 2.07. The van der Waals surface area contributed by atoms with E-state index < -0.39 is 0 Å². The van der Waals surface area contributed by atoms with Gasteiger partial charge in [0.1, 0.15) is 0 Å². The van der Waals surface area contributed by atoms with Crippen molar-refractivity contribution in [2.24, 2.45) is 0 Å². The smallest absolute Gasteiger partial charge is 0.258 e. The van der Waals surface area contributed by atoms with Gasteiger partial charge in [-0.2, -0.15) is 5.10 Å². The molecular weight excluding hydrogens is 284 g/mol. The van der Waals surface area contributed by atoms with Crippen LogP contribution in [0.4, 0.5) is 11.4 Å². The van der Waals surface area contributed by atoms with Crippen molar-refractivity contribution < 1.29 is 14.3 Å². The van der Waals surface area contributed by atoms with E-state index in [1.165, 1.54) is 6.20 Å². The Morgan fingerprint density at radius 1 is 1.32 bits per heavy atom. The first kappa shape index (κ1) is 14.2. The predicted octanol–water partition coefficient (Wildman–Crippen LogP) is 2.20. The Balaban J connectivity index is 1.81. The van der Waals surface area contributed by atoms with Gasteiger partial charge >= 0.3 is 0 Å². The van der Waals surface area contributed by atoms with Gasteiger partial charge < -0.3 is 20.5 Å². The number of anilines is 2. The molecule has 116 valence electrons. The monoisotopic (exact) mass is 302 g/mol. The Bertz CT molecular complexity index is 731. The molecule has 3 N–H and O–H groups in total. The molecule has 2 heterocycles. The molecule has 1 amide bonds. The number of benzene rings is 1. The molecule has 22 heavy (non-hydrogen) atoms. The minimum atomic E-state index is -0.277. The lowest BCUT2D eigenvalue weighted by atomic mass is 10.1. The van der Waals surface area contributed by atoms with Gasteiger partial charge in [0.15, 0.2) is 11.5 Å². The quantitative estimate of drug-likeness (QED) is 0.830. The van der Waals surface area contributed by atoms with Gasteiger partial charge in [-0.15, -0.1) is 0 Å². The number of ether oxygens (including phenoxy) is 2. The molecule has 2 aromatic rings. The Kier molecular flexibility index (Phi) is 3.20. The largest absolute Gasteiger partial charge is 0.454 e. The standard InChI is InChI=1S/C15H18N4O3/c1-15(2,3)19-7-9(6-17-19)14(20)18-11-5-13-12(4-10(11)16)21-8-22-13/h4-7H,8,16H2,1-3H3,(H,18,20). The second-order valence-corrected chi connectivity index (χ2v) is 6.09. The zero-order chi connectivity index (χ0) is 15.9. The number of amides is 1. The summed E-state index contributed by atoms with van der Waals surface area (Å²) < 4.78 is 12.3. The average Bonchev–Trinajstić information content (AvgIpc) is 3.06. The summed E-state index contributed by atoms with van der Waals surface area (Å²) in [5.74, 6) is 0.868. The molecule has 0 spiro atoms. The van der Waals surface area contributed by atoms with Crippen LogP contribution in [0.25, 0.3) is 0 Å². The highest BCUT2D eigenvalue weighted by Crippen LogP contribution is 2.38. The van der Waals surface area contributed by atoms with Gasteiger partial charge in [0.05, 0.1) is 28.7 Å². The van der Waals surface area contributed by atoms with E-state index in [0.29, 0.717) is 28.4 Å². The molecule has 7 heteroatoms. The Morgan fingerprint density at radius 2 is 2.00 bits per heavy atom. The van der Waals surface area contributed by atoms with Crippen LogP contribution in [0.5, 0.6) is 11.5 Å². The number of carbonyl (C=O) groups excluding carboxylic acids is 1. The predicted molar refractivity (Wildman–Crippen MR) is 82.2 cm³/mol. The van der Waals surface area contributed by atoms with Crippen molar-refractivity contribution in [1.82, 2.24) is 9.78 Å². The highest BCUT2D eigenvalue weighted by atomic mass is 16.7. The van der Waals surface area contributed by atoms with E-state index in [4.69, 9.17) is 15.2 Å². The summed E-state index contributed by atoms with van der Waals surface area (Å²) in [7, 11) is 0. The van der Waals surface area contributed by atoms with E-state index in [-0.39, 0.29) is 18.2 Å².